The van der Waals surface area contributed by atoms with Crippen molar-refractivity contribution in [3.63, 3.8) is 0 Å². The smallest absolute Gasteiger partial charge is 0.307 e. The zero-order chi connectivity index (χ0) is 26.4. The highest BCUT2D eigenvalue weighted by Crippen LogP contribution is 2.39. The van der Waals surface area contributed by atoms with Crippen LogP contribution in [0.1, 0.15) is 39.7 Å². The molecule has 0 saturated heterocycles. The number of hydrogen-bond acceptors (Lipinski definition) is 2. The number of halogens is 1. The molecule has 5 aromatic rings. The summed E-state index contributed by atoms with van der Waals surface area (Å²) in [5, 5.41) is 8.63. The largest absolute Gasteiger partial charge is 0.322 e. The lowest BCUT2D eigenvalue weighted by molar-refractivity contribution is 0.194. The normalized spacial score (nSPS) is 14.5. The Hall–Kier alpha value is -4.29. The molecule has 0 radical (unpaired) electrons. The van der Waals surface area contributed by atoms with Crippen LogP contribution in [0.5, 0.6) is 0 Å². The lowest BCUT2D eigenvalue weighted by atomic mass is 10.0. The summed E-state index contributed by atoms with van der Waals surface area (Å²) in [7, 11) is 0. The second-order valence-corrected chi connectivity index (χ2v) is 10.2. The number of urea groups is 1. The Morgan fingerprint density at radius 1 is 0.947 bits per heavy atom. The molecule has 1 aliphatic heterocycles. The van der Waals surface area contributed by atoms with E-state index in [0.717, 1.165) is 39.6 Å². The highest BCUT2D eigenvalue weighted by molar-refractivity contribution is 6.31. The van der Waals surface area contributed by atoms with Gasteiger partial charge < -0.3 is 14.8 Å². The average Bonchev–Trinajstić information content (AvgIpc) is 3.48. The van der Waals surface area contributed by atoms with E-state index in [1.54, 1.807) is 6.07 Å². The van der Waals surface area contributed by atoms with E-state index >= 15 is 0 Å². The lowest BCUT2D eigenvalue weighted by Gasteiger charge is -2.31. The van der Waals surface area contributed by atoms with Crippen molar-refractivity contribution in [1.29, 1.82) is 0 Å². The van der Waals surface area contributed by atoms with Crippen molar-refractivity contribution in [2.24, 2.45) is 0 Å². The zero-order valence-electron chi connectivity index (χ0n) is 21.5. The molecule has 0 spiro atoms. The Bertz CT molecular complexity index is 1640. The van der Waals surface area contributed by atoms with Crippen molar-refractivity contribution in [3.05, 3.63) is 130 Å². The Morgan fingerprint density at radius 2 is 1.71 bits per heavy atom. The summed E-state index contributed by atoms with van der Waals surface area (Å²) in [4.78, 5) is 16.0. The highest BCUT2D eigenvalue weighted by Gasteiger charge is 2.36. The van der Waals surface area contributed by atoms with Crippen LogP contribution >= 0.6 is 11.6 Å². The maximum atomic E-state index is 14.1. The third kappa shape index (κ3) is 4.17. The molecule has 6 nitrogen and oxygen atoms in total. The van der Waals surface area contributed by atoms with Gasteiger partial charge in [-0.2, -0.15) is 5.10 Å². The molecule has 6 rings (SSSR count). The first-order valence-corrected chi connectivity index (χ1v) is 13.0. The van der Waals surface area contributed by atoms with Gasteiger partial charge in [0.2, 0.25) is 0 Å². The van der Waals surface area contributed by atoms with Crippen LogP contribution < -0.4 is 5.32 Å². The van der Waals surface area contributed by atoms with Crippen molar-refractivity contribution in [2.45, 2.75) is 33.4 Å². The number of carbonyl (C=O) groups excluding carboxylic acids is 1. The molecule has 3 aromatic carbocycles. The van der Waals surface area contributed by atoms with Gasteiger partial charge in [-0.1, -0.05) is 65.7 Å². The van der Waals surface area contributed by atoms with Crippen LogP contribution in [0.15, 0.2) is 91.1 Å². The van der Waals surface area contributed by atoms with E-state index in [1.807, 2.05) is 72.0 Å². The van der Waals surface area contributed by atoms with E-state index in [-0.39, 0.29) is 12.1 Å². The van der Waals surface area contributed by atoms with Gasteiger partial charge in [-0.15, -0.1) is 0 Å². The van der Waals surface area contributed by atoms with Gasteiger partial charge in [-0.3, -0.25) is 0 Å². The number of carbonyl (C=O) groups is 1. The Kier molecular flexibility index (Phi) is 6.04. The van der Waals surface area contributed by atoms with Gasteiger partial charge in [0.05, 0.1) is 29.7 Å². The molecule has 0 fully saturated rings. The number of fused-ring (bicyclic) bond motifs is 3. The fourth-order valence-corrected chi connectivity index (χ4v) is 5.34. The van der Waals surface area contributed by atoms with Crippen LogP contribution in [0, 0.1) is 20.8 Å². The molecule has 1 aliphatic rings. The number of anilines is 1. The van der Waals surface area contributed by atoms with Crippen LogP contribution in [-0.2, 0) is 6.54 Å². The first-order chi connectivity index (χ1) is 18.4. The fourth-order valence-electron chi connectivity index (χ4n) is 5.16. The van der Waals surface area contributed by atoms with Crippen LogP contribution in [-0.4, -0.2) is 25.3 Å². The third-order valence-electron chi connectivity index (χ3n) is 7.18. The molecular weight excluding hydrogens is 494 g/mol. The minimum Gasteiger partial charge on any atom is -0.307 e. The molecule has 0 saturated carbocycles. The van der Waals surface area contributed by atoms with Gasteiger partial charge in [0.1, 0.15) is 5.82 Å². The molecule has 7 heteroatoms. The topological polar surface area (TPSA) is 55.1 Å². The Labute approximate surface area is 227 Å². The SMILES string of the molecule is Cc1ccc([C@@H]2c3cccn3-c3c(c(C)nn3-c3ccccc3)CN2C(=O)Nc2cc(Cl)ccc2C)cc1. The van der Waals surface area contributed by atoms with Gasteiger partial charge in [0.25, 0.3) is 0 Å². The number of nitrogens with zero attached hydrogens (tertiary/aromatic N) is 4. The molecule has 190 valence electrons. The Morgan fingerprint density at radius 3 is 2.47 bits per heavy atom. The molecule has 38 heavy (non-hydrogen) atoms. The summed E-state index contributed by atoms with van der Waals surface area (Å²) < 4.78 is 4.15. The van der Waals surface area contributed by atoms with E-state index in [2.05, 4.69) is 53.3 Å². The summed E-state index contributed by atoms with van der Waals surface area (Å²) in [6.45, 7) is 6.42. The van der Waals surface area contributed by atoms with Crippen LogP contribution in [0.4, 0.5) is 10.5 Å². The quantitative estimate of drug-likeness (QED) is 0.269. The molecule has 1 N–H and O–H groups in total. The van der Waals surface area contributed by atoms with Crippen molar-refractivity contribution < 1.29 is 4.79 Å². The summed E-state index contributed by atoms with van der Waals surface area (Å²) in [6.07, 6.45) is 2.05. The molecule has 3 heterocycles. The summed E-state index contributed by atoms with van der Waals surface area (Å²) >= 11 is 6.27. The number of nitrogens with one attached hydrogen (secondary N) is 1. The first kappa shape index (κ1) is 24.1. The summed E-state index contributed by atoms with van der Waals surface area (Å²) in [5.41, 5.74) is 7.68. The maximum Gasteiger partial charge on any atom is 0.322 e. The van der Waals surface area contributed by atoms with Crippen molar-refractivity contribution in [2.75, 3.05) is 5.32 Å². The van der Waals surface area contributed by atoms with E-state index in [4.69, 9.17) is 16.7 Å². The standard InChI is InChI=1S/C31H28ClN5O/c1-20-11-14-23(15-12-20)29-28-10-7-17-35(28)30-26(22(3)34-37(30)25-8-5-4-6-9-25)19-36(29)31(38)33-27-18-24(32)16-13-21(27)2/h4-18,29H,19H2,1-3H3,(H,33,38)/t29-/m1/s1. The van der Waals surface area contributed by atoms with Gasteiger partial charge in [-0.25, -0.2) is 9.48 Å². The number of rotatable bonds is 3. The molecule has 2 aromatic heterocycles. The predicted molar refractivity (Wildman–Crippen MR) is 151 cm³/mol. The third-order valence-corrected chi connectivity index (χ3v) is 7.42. The first-order valence-electron chi connectivity index (χ1n) is 12.6. The Balaban J connectivity index is 1.54. The number of benzene rings is 3. The van der Waals surface area contributed by atoms with Crippen LogP contribution in [0.2, 0.25) is 5.02 Å². The minimum absolute atomic E-state index is 0.201. The van der Waals surface area contributed by atoms with E-state index < -0.39 is 0 Å². The van der Waals surface area contributed by atoms with Gasteiger partial charge in [0.15, 0.2) is 0 Å². The maximum absolute atomic E-state index is 14.1. The summed E-state index contributed by atoms with van der Waals surface area (Å²) in [5.74, 6) is 0.944. The van der Waals surface area contributed by atoms with Gasteiger partial charge in [-0.05, 0) is 68.3 Å². The molecule has 0 unspecified atom stereocenters. The highest BCUT2D eigenvalue weighted by atomic mass is 35.5. The molecule has 2 amide bonds. The van der Waals surface area contributed by atoms with Crippen LogP contribution in [0.25, 0.3) is 11.5 Å². The monoisotopic (exact) mass is 521 g/mol. The zero-order valence-corrected chi connectivity index (χ0v) is 22.3. The number of aromatic nitrogens is 3. The van der Waals surface area contributed by atoms with Crippen LogP contribution in [0.3, 0.4) is 0 Å². The number of hydrogen-bond donors (Lipinski definition) is 1. The van der Waals surface area contributed by atoms with E-state index in [1.165, 1.54) is 5.56 Å². The molecular formula is C31H28ClN5O. The molecule has 1 atom stereocenters. The van der Waals surface area contributed by atoms with Crippen molar-refractivity contribution in [3.8, 4) is 11.5 Å². The predicted octanol–water partition coefficient (Wildman–Crippen LogP) is 7.38. The number of para-hydroxylation sites is 1. The average molecular weight is 522 g/mol. The van der Waals surface area contributed by atoms with E-state index in [0.29, 0.717) is 17.3 Å². The molecule has 0 aliphatic carbocycles. The van der Waals surface area contributed by atoms with Gasteiger partial charge >= 0.3 is 6.03 Å². The summed E-state index contributed by atoms with van der Waals surface area (Å²) in [6, 6.07) is 27.6. The number of amides is 2. The molecule has 0 bridgehead atoms. The second kappa shape index (κ2) is 9.54. The van der Waals surface area contributed by atoms with Crippen molar-refractivity contribution in [1.82, 2.24) is 19.2 Å². The second-order valence-electron chi connectivity index (χ2n) is 9.77. The lowest BCUT2D eigenvalue weighted by Crippen LogP contribution is -2.38. The van der Waals surface area contributed by atoms with Crippen molar-refractivity contribution >= 4 is 23.3 Å². The van der Waals surface area contributed by atoms with Gasteiger partial charge in [0, 0.05) is 22.5 Å². The minimum atomic E-state index is -0.318. The van der Waals surface area contributed by atoms with E-state index in [9.17, 15) is 4.79 Å². The fraction of sp³-hybridized carbons (Fsp3) is 0.161. The number of aryl methyl sites for hydroxylation is 3.